The van der Waals surface area contributed by atoms with Crippen molar-refractivity contribution in [3.05, 3.63) is 87.5 Å². The number of hydrogen-bond acceptors (Lipinski definition) is 0. The zero-order chi connectivity index (χ0) is 20.8. The smallest absolute Gasteiger partial charge is 1.00 e. The first-order valence-corrected chi connectivity index (χ1v) is 11.8. The van der Waals surface area contributed by atoms with Gasteiger partial charge in [-0.25, -0.2) is 11.6 Å². The maximum Gasteiger partial charge on any atom is 4.00 e. The van der Waals surface area contributed by atoms with Gasteiger partial charge in [0.05, 0.1) is 0 Å². The van der Waals surface area contributed by atoms with E-state index in [4.69, 9.17) is 0 Å². The number of benzene rings is 1. The summed E-state index contributed by atoms with van der Waals surface area (Å²) >= 11 is 0. The fourth-order valence-corrected chi connectivity index (χ4v) is 5.32. The van der Waals surface area contributed by atoms with E-state index in [9.17, 15) is 0 Å². The fraction of sp³-hybridized carbons (Fsp3) is 0.483. The van der Waals surface area contributed by atoms with Crippen LogP contribution in [0, 0.1) is 18.9 Å². The summed E-state index contributed by atoms with van der Waals surface area (Å²) in [4.78, 5) is 0. The Hall–Kier alpha value is -0.487. The number of allylic oxidation sites excluding steroid dienone is 4. The Bertz CT molecular complexity index is 861. The normalized spacial score (nSPS) is 18.8. The van der Waals surface area contributed by atoms with Crippen molar-refractivity contribution in [1.29, 1.82) is 0 Å². The summed E-state index contributed by atoms with van der Waals surface area (Å²) in [5.41, 5.74) is 10.8. The molecule has 2 aliphatic carbocycles. The zero-order valence-electron chi connectivity index (χ0n) is 20.4. The van der Waals surface area contributed by atoms with Gasteiger partial charge in [0.15, 0.2) is 0 Å². The largest absolute Gasteiger partial charge is 4.00 e. The standard InChI is InChI=1S/C16H17.C13H21.2ClH.Zr/c1-12-10-14-8-5-9-15(16(14)11-12)13-6-3-2-4-7-13;1-5-10-9-11(6-2)13(8-4)12(10)7-3;;;/h2-4,6-7,10-11,15H,5,8-9H2,1H3;10H,5-8H2,1-4H3;2*1H;/q2*-1;;;+4/p-2. The van der Waals surface area contributed by atoms with Gasteiger partial charge in [-0.15, -0.1) is 0 Å². The van der Waals surface area contributed by atoms with Crippen LogP contribution >= 0.6 is 0 Å². The molecule has 32 heavy (non-hydrogen) atoms. The third-order valence-corrected chi connectivity index (χ3v) is 6.69. The molecule has 0 radical (unpaired) electrons. The molecule has 4 rings (SSSR count). The van der Waals surface area contributed by atoms with Crippen LogP contribution in [0.3, 0.4) is 0 Å². The van der Waals surface area contributed by atoms with Gasteiger partial charge in [0.2, 0.25) is 0 Å². The van der Waals surface area contributed by atoms with Crippen LogP contribution in [0.1, 0.15) is 94.4 Å². The van der Waals surface area contributed by atoms with E-state index >= 15 is 0 Å². The maximum atomic E-state index is 3.63. The molecule has 0 N–H and O–H groups in total. The fourth-order valence-electron chi connectivity index (χ4n) is 5.32. The minimum atomic E-state index is 0. The number of fused-ring (bicyclic) bond motifs is 1. The van der Waals surface area contributed by atoms with E-state index in [2.05, 4.69) is 83.2 Å². The van der Waals surface area contributed by atoms with Crippen LogP contribution in [0.2, 0.25) is 0 Å². The predicted octanol–water partition coefficient (Wildman–Crippen LogP) is 2.47. The summed E-state index contributed by atoms with van der Waals surface area (Å²) in [6, 6.07) is 15.7. The van der Waals surface area contributed by atoms with Gasteiger partial charge in [-0.05, 0) is 5.92 Å². The zero-order valence-corrected chi connectivity index (χ0v) is 24.4. The van der Waals surface area contributed by atoms with Crippen molar-refractivity contribution in [3.63, 3.8) is 0 Å². The number of halogens is 2. The van der Waals surface area contributed by atoms with Gasteiger partial charge >= 0.3 is 26.2 Å². The van der Waals surface area contributed by atoms with Crippen molar-refractivity contribution in [2.45, 2.75) is 85.5 Å². The van der Waals surface area contributed by atoms with Gasteiger partial charge in [0.1, 0.15) is 0 Å². The molecule has 0 saturated carbocycles. The minimum Gasteiger partial charge on any atom is -1.00 e. The molecule has 0 heterocycles. The van der Waals surface area contributed by atoms with Crippen LogP contribution in [-0.4, -0.2) is 0 Å². The molecule has 0 amide bonds. The third-order valence-electron chi connectivity index (χ3n) is 6.69. The van der Waals surface area contributed by atoms with Crippen LogP contribution < -0.4 is 24.8 Å². The van der Waals surface area contributed by atoms with Gasteiger partial charge in [0, 0.05) is 0 Å². The molecular formula is C29H38Cl2Zr. The van der Waals surface area contributed by atoms with Crippen LogP contribution in [0.25, 0.3) is 0 Å². The van der Waals surface area contributed by atoms with Crippen molar-refractivity contribution in [2.75, 3.05) is 0 Å². The average Bonchev–Trinajstić information content (AvgIpc) is 3.32. The SMILES string of the molecule is CCC1=[C-]C(CC)C(CC)=C1CC.Cc1cc2c([cH-]1)CCCC2c1ccccc1.[Cl-].[Cl-].[Zr+4]. The van der Waals surface area contributed by atoms with Crippen molar-refractivity contribution in [1.82, 2.24) is 0 Å². The summed E-state index contributed by atoms with van der Waals surface area (Å²) < 4.78 is 0. The van der Waals surface area contributed by atoms with Gasteiger partial charge in [0.25, 0.3) is 0 Å². The molecule has 0 bridgehead atoms. The van der Waals surface area contributed by atoms with E-state index in [1.807, 2.05) is 0 Å². The minimum absolute atomic E-state index is 0. The molecule has 2 unspecified atom stereocenters. The topological polar surface area (TPSA) is 0 Å². The van der Waals surface area contributed by atoms with Gasteiger partial charge in [-0.3, -0.25) is 6.08 Å². The van der Waals surface area contributed by atoms with E-state index in [0.717, 1.165) is 6.42 Å². The second-order valence-electron chi connectivity index (χ2n) is 8.52. The summed E-state index contributed by atoms with van der Waals surface area (Å²) in [7, 11) is 0. The molecule has 3 heteroatoms. The van der Waals surface area contributed by atoms with Gasteiger partial charge in [-0.2, -0.15) is 33.9 Å². The molecule has 2 aromatic carbocycles. The molecular weight excluding hydrogens is 510 g/mol. The maximum absolute atomic E-state index is 3.63. The van der Waals surface area contributed by atoms with Crippen LogP contribution in [-0.2, 0) is 32.6 Å². The molecule has 0 aliphatic heterocycles. The van der Waals surface area contributed by atoms with Gasteiger partial charge < -0.3 is 24.8 Å². The molecule has 2 aliphatic rings. The van der Waals surface area contributed by atoms with Crippen LogP contribution in [0.4, 0.5) is 0 Å². The monoisotopic (exact) mass is 546 g/mol. The van der Waals surface area contributed by atoms with Gasteiger partial charge in [-0.1, -0.05) is 121 Å². The molecule has 0 nitrogen and oxygen atoms in total. The molecule has 2 aromatic rings. The first-order valence-electron chi connectivity index (χ1n) is 11.8. The number of aryl methyl sites for hydroxylation is 2. The Kier molecular flexibility index (Phi) is 15.2. The first kappa shape index (κ1) is 31.5. The van der Waals surface area contributed by atoms with E-state index in [1.165, 1.54) is 55.2 Å². The Balaban J connectivity index is 0.000000561. The Morgan fingerprint density at radius 2 is 1.66 bits per heavy atom. The van der Waals surface area contributed by atoms with Crippen molar-refractivity contribution in [2.24, 2.45) is 5.92 Å². The Morgan fingerprint density at radius 1 is 0.969 bits per heavy atom. The van der Waals surface area contributed by atoms with E-state index in [1.54, 1.807) is 22.3 Å². The molecule has 0 saturated heterocycles. The Labute approximate surface area is 228 Å². The predicted molar refractivity (Wildman–Crippen MR) is 126 cm³/mol. The van der Waals surface area contributed by atoms with E-state index in [-0.39, 0.29) is 51.0 Å². The molecule has 0 fully saturated rings. The molecule has 2 atom stereocenters. The quantitative estimate of drug-likeness (QED) is 0.504. The van der Waals surface area contributed by atoms with Crippen molar-refractivity contribution >= 4 is 0 Å². The van der Waals surface area contributed by atoms with Crippen LogP contribution in [0.15, 0.2) is 59.2 Å². The summed E-state index contributed by atoms with van der Waals surface area (Å²) in [6.07, 6.45) is 12.3. The second kappa shape index (κ2) is 15.4. The van der Waals surface area contributed by atoms with Crippen LogP contribution in [0.5, 0.6) is 0 Å². The van der Waals surface area contributed by atoms with E-state index < -0.39 is 0 Å². The number of hydrogen-bond donors (Lipinski definition) is 0. The molecule has 172 valence electrons. The third kappa shape index (κ3) is 7.25. The molecule has 0 spiro atoms. The van der Waals surface area contributed by atoms with Crippen molar-refractivity contribution < 1.29 is 51.0 Å². The molecule has 0 aromatic heterocycles. The van der Waals surface area contributed by atoms with E-state index in [0.29, 0.717) is 11.8 Å². The average molecular weight is 549 g/mol. The summed E-state index contributed by atoms with van der Waals surface area (Å²) in [5, 5.41) is 0. The first-order chi connectivity index (χ1) is 14.1. The number of rotatable bonds is 5. The summed E-state index contributed by atoms with van der Waals surface area (Å²) in [5.74, 6) is 1.27. The summed E-state index contributed by atoms with van der Waals surface area (Å²) in [6.45, 7) is 11.2. The van der Waals surface area contributed by atoms with Crippen molar-refractivity contribution in [3.8, 4) is 0 Å². The Morgan fingerprint density at radius 3 is 2.22 bits per heavy atom. The second-order valence-corrected chi connectivity index (χ2v) is 8.52.